The molecule has 29 heavy (non-hydrogen) atoms. The second kappa shape index (κ2) is 10.6. The number of nitrogens with one attached hydrogen (secondary N) is 1. The van der Waals surface area contributed by atoms with Gasteiger partial charge in [-0.2, -0.15) is 0 Å². The Balaban J connectivity index is 1.71. The maximum Gasteiger partial charge on any atom is 0.162 e. The van der Waals surface area contributed by atoms with Gasteiger partial charge in [0.2, 0.25) is 0 Å². The van der Waals surface area contributed by atoms with Crippen LogP contribution in [-0.2, 0) is 19.8 Å². The van der Waals surface area contributed by atoms with Crippen LogP contribution in [0.3, 0.4) is 0 Å². The Labute approximate surface area is 173 Å². The lowest BCUT2D eigenvalue weighted by molar-refractivity contribution is 0.255. The van der Waals surface area contributed by atoms with Crippen LogP contribution in [0.2, 0.25) is 0 Å². The number of benzene rings is 3. The van der Waals surface area contributed by atoms with E-state index in [1.807, 2.05) is 18.2 Å². The van der Waals surface area contributed by atoms with E-state index in [-0.39, 0.29) is 6.61 Å². The molecule has 0 saturated heterocycles. The van der Waals surface area contributed by atoms with E-state index in [4.69, 9.17) is 14.6 Å². The highest BCUT2D eigenvalue weighted by atomic mass is 16.5. The van der Waals surface area contributed by atoms with Crippen molar-refractivity contribution in [3.8, 4) is 11.5 Å². The molecule has 0 aliphatic carbocycles. The van der Waals surface area contributed by atoms with Crippen molar-refractivity contribution in [1.82, 2.24) is 5.32 Å². The van der Waals surface area contributed by atoms with Crippen LogP contribution in [-0.4, -0.2) is 18.3 Å². The van der Waals surface area contributed by atoms with Gasteiger partial charge in [-0.15, -0.1) is 0 Å². The summed E-state index contributed by atoms with van der Waals surface area (Å²) in [7, 11) is 0. The highest BCUT2D eigenvalue weighted by Gasteiger charge is 2.08. The molecule has 4 nitrogen and oxygen atoms in total. The van der Waals surface area contributed by atoms with Gasteiger partial charge in [0.25, 0.3) is 0 Å². The van der Waals surface area contributed by atoms with Crippen molar-refractivity contribution in [2.75, 3.05) is 13.2 Å². The Bertz CT molecular complexity index is 889. The van der Waals surface area contributed by atoms with E-state index in [2.05, 4.69) is 67.7 Å². The molecule has 0 spiro atoms. The SMILES string of the molecule is Cc1ccc(COc2ccc(CNCCO)cc2OCc2ccc(C)cc2)cc1. The predicted octanol–water partition coefficient (Wildman–Crippen LogP) is 4.54. The molecule has 0 aromatic heterocycles. The summed E-state index contributed by atoms with van der Waals surface area (Å²) in [5.41, 5.74) is 5.78. The Morgan fingerprint density at radius 2 is 1.21 bits per heavy atom. The summed E-state index contributed by atoms with van der Waals surface area (Å²) >= 11 is 0. The molecule has 3 rings (SSSR count). The van der Waals surface area contributed by atoms with E-state index >= 15 is 0 Å². The van der Waals surface area contributed by atoms with Crippen LogP contribution in [0.5, 0.6) is 11.5 Å². The molecule has 0 atom stereocenters. The minimum atomic E-state index is 0.120. The molecule has 0 aliphatic heterocycles. The van der Waals surface area contributed by atoms with Gasteiger partial charge in [0.15, 0.2) is 11.5 Å². The lowest BCUT2D eigenvalue weighted by atomic mass is 10.1. The second-order valence-corrected chi connectivity index (χ2v) is 7.23. The predicted molar refractivity (Wildman–Crippen MR) is 116 cm³/mol. The highest BCUT2D eigenvalue weighted by Crippen LogP contribution is 2.30. The lowest BCUT2D eigenvalue weighted by Crippen LogP contribution is -2.17. The smallest absolute Gasteiger partial charge is 0.162 e. The molecule has 0 heterocycles. The van der Waals surface area contributed by atoms with E-state index in [0.717, 1.165) is 28.2 Å². The van der Waals surface area contributed by atoms with E-state index in [0.29, 0.717) is 26.3 Å². The third-order valence-electron chi connectivity index (χ3n) is 4.66. The zero-order valence-corrected chi connectivity index (χ0v) is 17.2. The molecule has 0 bridgehead atoms. The molecule has 0 aliphatic rings. The average molecular weight is 392 g/mol. The van der Waals surface area contributed by atoms with Gasteiger partial charge in [0.05, 0.1) is 6.61 Å². The molecular formula is C25H29NO3. The molecule has 0 fully saturated rings. The fourth-order valence-electron chi connectivity index (χ4n) is 2.90. The van der Waals surface area contributed by atoms with Crippen molar-refractivity contribution in [1.29, 1.82) is 0 Å². The number of aliphatic hydroxyl groups is 1. The fraction of sp³-hybridized carbons (Fsp3) is 0.280. The Morgan fingerprint density at radius 3 is 1.76 bits per heavy atom. The average Bonchev–Trinajstić information content (AvgIpc) is 2.74. The Kier molecular flexibility index (Phi) is 7.68. The summed E-state index contributed by atoms with van der Waals surface area (Å²) in [6.45, 7) is 6.47. The zero-order valence-electron chi connectivity index (χ0n) is 17.2. The second-order valence-electron chi connectivity index (χ2n) is 7.23. The Hall–Kier alpha value is -2.82. The van der Waals surface area contributed by atoms with Crippen LogP contribution in [0.25, 0.3) is 0 Å². The van der Waals surface area contributed by atoms with E-state index < -0.39 is 0 Å². The molecule has 2 N–H and O–H groups in total. The molecule has 152 valence electrons. The van der Waals surface area contributed by atoms with Gasteiger partial charge in [0, 0.05) is 13.1 Å². The molecule has 0 unspecified atom stereocenters. The first-order valence-corrected chi connectivity index (χ1v) is 9.95. The maximum absolute atomic E-state index is 8.96. The fourth-order valence-corrected chi connectivity index (χ4v) is 2.90. The van der Waals surface area contributed by atoms with Gasteiger partial charge < -0.3 is 19.9 Å². The maximum atomic E-state index is 8.96. The summed E-state index contributed by atoms with van der Waals surface area (Å²) in [6, 6.07) is 22.6. The molecule has 0 saturated carbocycles. The molecule has 0 radical (unpaired) electrons. The molecule has 3 aromatic rings. The first-order chi connectivity index (χ1) is 14.1. The number of rotatable bonds is 10. The van der Waals surface area contributed by atoms with Crippen molar-refractivity contribution < 1.29 is 14.6 Å². The van der Waals surface area contributed by atoms with E-state index in [1.54, 1.807) is 0 Å². The third-order valence-corrected chi connectivity index (χ3v) is 4.66. The summed E-state index contributed by atoms with van der Waals surface area (Å²) in [6.07, 6.45) is 0. The van der Waals surface area contributed by atoms with Gasteiger partial charge in [-0.3, -0.25) is 0 Å². The van der Waals surface area contributed by atoms with Crippen LogP contribution in [0.15, 0.2) is 66.7 Å². The van der Waals surface area contributed by atoms with Gasteiger partial charge in [-0.25, -0.2) is 0 Å². The highest BCUT2D eigenvalue weighted by molar-refractivity contribution is 5.43. The quantitative estimate of drug-likeness (QED) is 0.498. The van der Waals surface area contributed by atoms with Crippen molar-refractivity contribution in [2.24, 2.45) is 0 Å². The Morgan fingerprint density at radius 1 is 0.690 bits per heavy atom. The molecule has 0 amide bonds. The van der Waals surface area contributed by atoms with E-state index in [1.165, 1.54) is 11.1 Å². The van der Waals surface area contributed by atoms with Crippen LogP contribution in [0.1, 0.15) is 27.8 Å². The summed E-state index contributed by atoms with van der Waals surface area (Å²) < 4.78 is 12.2. The number of aryl methyl sites for hydroxylation is 2. The number of hydrogen-bond donors (Lipinski definition) is 2. The summed E-state index contributed by atoms with van der Waals surface area (Å²) in [5, 5.41) is 12.2. The van der Waals surface area contributed by atoms with Gasteiger partial charge >= 0.3 is 0 Å². The van der Waals surface area contributed by atoms with Crippen molar-refractivity contribution >= 4 is 0 Å². The summed E-state index contributed by atoms with van der Waals surface area (Å²) in [5.74, 6) is 1.45. The van der Waals surface area contributed by atoms with Crippen molar-refractivity contribution in [2.45, 2.75) is 33.6 Å². The van der Waals surface area contributed by atoms with Gasteiger partial charge in [0.1, 0.15) is 13.2 Å². The van der Waals surface area contributed by atoms with Gasteiger partial charge in [-0.1, -0.05) is 65.7 Å². The molecule has 3 aromatic carbocycles. The number of aliphatic hydroxyl groups excluding tert-OH is 1. The zero-order chi connectivity index (χ0) is 20.5. The minimum Gasteiger partial charge on any atom is -0.485 e. The van der Waals surface area contributed by atoms with Crippen LogP contribution >= 0.6 is 0 Å². The normalized spacial score (nSPS) is 10.7. The van der Waals surface area contributed by atoms with Crippen LogP contribution in [0, 0.1) is 13.8 Å². The number of hydrogen-bond acceptors (Lipinski definition) is 4. The standard InChI is InChI=1S/C25H29NO3/c1-19-3-7-21(8-4-19)17-28-24-12-11-23(16-26-13-14-27)15-25(24)29-18-22-9-5-20(2)6-10-22/h3-12,15,26-27H,13-14,16-18H2,1-2H3. The first kappa shape index (κ1) is 20.9. The largest absolute Gasteiger partial charge is 0.485 e. The molecular weight excluding hydrogens is 362 g/mol. The van der Waals surface area contributed by atoms with Crippen LogP contribution < -0.4 is 14.8 Å². The topological polar surface area (TPSA) is 50.7 Å². The third kappa shape index (κ3) is 6.63. The minimum absolute atomic E-state index is 0.120. The van der Waals surface area contributed by atoms with Crippen LogP contribution in [0.4, 0.5) is 0 Å². The van der Waals surface area contributed by atoms with Crippen molar-refractivity contribution in [3.63, 3.8) is 0 Å². The first-order valence-electron chi connectivity index (χ1n) is 9.95. The monoisotopic (exact) mass is 391 g/mol. The van der Waals surface area contributed by atoms with Gasteiger partial charge in [-0.05, 0) is 42.7 Å². The van der Waals surface area contributed by atoms with Crippen molar-refractivity contribution in [3.05, 3.63) is 94.5 Å². The van der Waals surface area contributed by atoms with E-state index in [9.17, 15) is 0 Å². The lowest BCUT2D eigenvalue weighted by Gasteiger charge is -2.15. The number of ether oxygens (including phenoxy) is 2. The molecule has 4 heteroatoms. The summed E-state index contributed by atoms with van der Waals surface area (Å²) in [4.78, 5) is 0.